The molecule has 1 aromatic rings. The SMILES string of the molecule is Cc1cncc(CN2CC(C(C)C)NCC2C)c1. The van der Waals surface area contributed by atoms with Crippen molar-refractivity contribution >= 4 is 0 Å². The van der Waals surface area contributed by atoms with E-state index in [9.17, 15) is 0 Å². The van der Waals surface area contributed by atoms with Gasteiger partial charge >= 0.3 is 0 Å². The van der Waals surface area contributed by atoms with Gasteiger partial charge < -0.3 is 5.32 Å². The van der Waals surface area contributed by atoms with Gasteiger partial charge in [0.1, 0.15) is 0 Å². The maximum atomic E-state index is 4.29. The molecule has 3 nitrogen and oxygen atoms in total. The van der Waals surface area contributed by atoms with E-state index in [1.54, 1.807) is 0 Å². The van der Waals surface area contributed by atoms with Gasteiger partial charge in [0.05, 0.1) is 0 Å². The molecule has 0 saturated carbocycles. The second kappa shape index (κ2) is 5.81. The van der Waals surface area contributed by atoms with Crippen molar-refractivity contribution in [3.63, 3.8) is 0 Å². The van der Waals surface area contributed by atoms with Crippen molar-refractivity contribution in [2.24, 2.45) is 5.92 Å². The van der Waals surface area contributed by atoms with Crippen molar-refractivity contribution in [1.82, 2.24) is 15.2 Å². The third-order valence-corrected chi connectivity index (χ3v) is 3.85. The summed E-state index contributed by atoms with van der Waals surface area (Å²) in [4.78, 5) is 6.85. The lowest BCUT2D eigenvalue weighted by atomic mass is 9.99. The number of hydrogen-bond donors (Lipinski definition) is 1. The average molecular weight is 247 g/mol. The second-order valence-electron chi connectivity index (χ2n) is 5.91. The van der Waals surface area contributed by atoms with E-state index in [1.807, 2.05) is 12.4 Å². The van der Waals surface area contributed by atoms with Crippen LogP contribution in [0.4, 0.5) is 0 Å². The first kappa shape index (κ1) is 13.5. The van der Waals surface area contributed by atoms with Crippen LogP contribution in [0.25, 0.3) is 0 Å². The molecule has 100 valence electrons. The molecule has 1 N–H and O–H groups in total. The molecule has 0 aromatic carbocycles. The number of aromatic nitrogens is 1. The van der Waals surface area contributed by atoms with Crippen LogP contribution in [-0.4, -0.2) is 35.1 Å². The number of pyridine rings is 1. The van der Waals surface area contributed by atoms with Crippen molar-refractivity contribution in [2.75, 3.05) is 13.1 Å². The van der Waals surface area contributed by atoms with Gasteiger partial charge in [-0.1, -0.05) is 19.9 Å². The van der Waals surface area contributed by atoms with Crippen LogP contribution in [0.5, 0.6) is 0 Å². The second-order valence-corrected chi connectivity index (χ2v) is 5.91. The minimum absolute atomic E-state index is 0.598. The molecule has 0 amide bonds. The van der Waals surface area contributed by atoms with E-state index in [2.05, 4.69) is 49.0 Å². The van der Waals surface area contributed by atoms with Gasteiger partial charge in [-0.3, -0.25) is 9.88 Å². The van der Waals surface area contributed by atoms with E-state index in [0.29, 0.717) is 18.0 Å². The van der Waals surface area contributed by atoms with Crippen LogP contribution in [0.1, 0.15) is 31.9 Å². The zero-order chi connectivity index (χ0) is 13.1. The standard InChI is InChI=1S/C15H25N3/c1-11(2)15-10-18(13(4)7-17-15)9-14-5-12(3)6-16-8-14/h5-6,8,11,13,15,17H,7,9-10H2,1-4H3. The quantitative estimate of drug-likeness (QED) is 0.887. The first-order chi connectivity index (χ1) is 8.56. The molecule has 1 aliphatic rings. The van der Waals surface area contributed by atoms with Gasteiger partial charge in [0.25, 0.3) is 0 Å². The molecule has 1 saturated heterocycles. The van der Waals surface area contributed by atoms with Crippen LogP contribution in [0.15, 0.2) is 18.5 Å². The Kier molecular flexibility index (Phi) is 4.36. The molecular formula is C15H25N3. The third-order valence-electron chi connectivity index (χ3n) is 3.85. The molecular weight excluding hydrogens is 222 g/mol. The van der Waals surface area contributed by atoms with Crippen LogP contribution < -0.4 is 5.32 Å². The Balaban J connectivity index is 2.02. The van der Waals surface area contributed by atoms with Crippen LogP contribution in [0, 0.1) is 12.8 Å². The Labute approximate surface area is 111 Å². The maximum Gasteiger partial charge on any atom is 0.0313 e. The zero-order valence-corrected chi connectivity index (χ0v) is 12.0. The summed E-state index contributed by atoms with van der Waals surface area (Å²) in [7, 11) is 0. The van der Waals surface area contributed by atoms with Gasteiger partial charge in [0.2, 0.25) is 0 Å². The summed E-state index contributed by atoms with van der Waals surface area (Å²) in [5.74, 6) is 0.690. The van der Waals surface area contributed by atoms with Crippen LogP contribution in [-0.2, 0) is 6.54 Å². The topological polar surface area (TPSA) is 28.2 Å². The Hall–Kier alpha value is -0.930. The molecule has 2 atom stereocenters. The van der Waals surface area contributed by atoms with Crippen LogP contribution in [0.3, 0.4) is 0 Å². The monoisotopic (exact) mass is 247 g/mol. The normalized spacial score (nSPS) is 25.6. The molecule has 2 rings (SSSR count). The molecule has 1 aromatic heterocycles. The highest BCUT2D eigenvalue weighted by molar-refractivity contribution is 5.16. The number of aryl methyl sites for hydroxylation is 1. The summed E-state index contributed by atoms with van der Waals surface area (Å²) in [6, 6.07) is 3.45. The third kappa shape index (κ3) is 3.30. The molecule has 0 aliphatic carbocycles. The van der Waals surface area contributed by atoms with Crippen molar-refractivity contribution in [3.05, 3.63) is 29.6 Å². The van der Waals surface area contributed by atoms with Crippen LogP contribution >= 0.6 is 0 Å². The predicted octanol–water partition coefficient (Wildman–Crippen LogP) is 2.21. The number of rotatable bonds is 3. The number of nitrogens with one attached hydrogen (secondary N) is 1. The van der Waals surface area contributed by atoms with Gasteiger partial charge in [0.15, 0.2) is 0 Å². The summed E-state index contributed by atoms with van der Waals surface area (Å²) < 4.78 is 0. The first-order valence-corrected chi connectivity index (χ1v) is 6.94. The number of hydrogen-bond acceptors (Lipinski definition) is 3. The fourth-order valence-electron chi connectivity index (χ4n) is 2.55. The van der Waals surface area contributed by atoms with E-state index >= 15 is 0 Å². The lowest BCUT2D eigenvalue weighted by Gasteiger charge is -2.40. The van der Waals surface area contributed by atoms with E-state index < -0.39 is 0 Å². The summed E-state index contributed by atoms with van der Waals surface area (Å²) >= 11 is 0. The maximum absolute atomic E-state index is 4.29. The van der Waals surface area contributed by atoms with E-state index in [4.69, 9.17) is 0 Å². The van der Waals surface area contributed by atoms with E-state index in [0.717, 1.165) is 19.6 Å². The molecule has 2 heterocycles. The predicted molar refractivity (Wildman–Crippen MR) is 75.5 cm³/mol. The summed E-state index contributed by atoms with van der Waals surface area (Å²) in [6.07, 6.45) is 3.91. The summed E-state index contributed by atoms with van der Waals surface area (Å²) in [6.45, 7) is 12.2. The molecule has 18 heavy (non-hydrogen) atoms. The minimum atomic E-state index is 0.598. The highest BCUT2D eigenvalue weighted by Gasteiger charge is 2.26. The Morgan fingerprint density at radius 3 is 2.89 bits per heavy atom. The average Bonchev–Trinajstić information content (AvgIpc) is 2.31. The molecule has 0 radical (unpaired) electrons. The van der Waals surface area contributed by atoms with Crippen molar-refractivity contribution in [3.8, 4) is 0 Å². The lowest BCUT2D eigenvalue weighted by molar-refractivity contribution is 0.116. The highest BCUT2D eigenvalue weighted by atomic mass is 15.2. The van der Waals surface area contributed by atoms with Crippen molar-refractivity contribution in [2.45, 2.75) is 46.3 Å². The number of piperazine rings is 1. The molecule has 1 fully saturated rings. The van der Waals surface area contributed by atoms with Gasteiger partial charge in [-0.05, 0) is 30.9 Å². The Morgan fingerprint density at radius 2 is 2.22 bits per heavy atom. The van der Waals surface area contributed by atoms with Crippen LogP contribution in [0.2, 0.25) is 0 Å². The van der Waals surface area contributed by atoms with E-state index in [1.165, 1.54) is 11.1 Å². The molecule has 0 spiro atoms. The minimum Gasteiger partial charge on any atom is -0.311 e. The van der Waals surface area contributed by atoms with E-state index in [-0.39, 0.29) is 0 Å². The largest absolute Gasteiger partial charge is 0.311 e. The Morgan fingerprint density at radius 1 is 1.44 bits per heavy atom. The molecule has 1 aliphatic heterocycles. The van der Waals surface area contributed by atoms with Crippen molar-refractivity contribution in [1.29, 1.82) is 0 Å². The van der Waals surface area contributed by atoms with Gasteiger partial charge in [-0.25, -0.2) is 0 Å². The van der Waals surface area contributed by atoms with Gasteiger partial charge in [0, 0.05) is 44.1 Å². The zero-order valence-electron chi connectivity index (χ0n) is 12.0. The fraction of sp³-hybridized carbons (Fsp3) is 0.667. The fourth-order valence-corrected chi connectivity index (χ4v) is 2.55. The summed E-state index contributed by atoms with van der Waals surface area (Å²) in [5.41, 5.74) is 2.57. The smallest absolute Gasteiger partial charge is 0.0313 e. The Bertz CT molecular complexity index is 389. The number of nitrogens with zero attached hydrogens (tertiary/aromatic N) is 2. The summed E-state index contributed by atoms with van der Waals surface area (Å²) in [5, 5.41) is 3.64. The molecule has 0 bridgehead atoms. The highest BCUT2D eigenvalue weighted by Crippen LogP contribution is 2.16. The van der Waals surface area contributed by atoms with Crippen molar-refractivity contribution < 1.29 is 0 Å². The molecule has 2 unspecified atom stereocenters. The van der Waals surface area contributed by atoms with Gasteiger partial charge in [-0.2, -0.15) is 0 Å². The van der Waals surface area contributed by atoms with Gasteiger partial charge in [-0.15, -0.1) is 0 Å². The lowest BCUT2D eigenvalue weighted by Crippen LogP contribution is -2.56. The first-order valence-electron chi connectivity index (χ1n) is 6.94. The molecule has 3 heteroatoms.